The Hall–Kier alpha value is -2.00. The molecule has 2 rings (SSSR count). The molecule has 0 radical (unpaired) electrons. The van der Waals surface area contributed by atoms with Crippen LogP contribution in [-0.4, -0.2) is 52.7 Å². The summed E-state index contributed by atoms with van der Waals surface area (Å²) in [4.78, 5) is 25.0. The number of hydrogen-bond donors (Lipinski definition) is 5. The molecule has 6 nitrogen and oxygen atoms in total. The number of rotatable bonds is 11. The average molecular weight is 434 g/mol. The van der Waals surface area contributed by atoms with Crippen molar-refractivity contribution in [3.05, 3.63) is 54.1 Å². The lowest BCUT2D eigenvalue weighted by Crippen LogP contribution is -2.46. The van der Waals surface area contributed by atoms with Crippen molar-refractivity contribution < 1.29 is 14.7 Å². The molecule has 3 atom stereocenters. The molecule has 0 fully saturated rings. The van der Waals surface area contributed by atoms with Gasteiger partial charge >= 0.3 is 5.97 Å². The number of anilines is 1. The summed E-state index contributed by atoms with van der Waals surface area (Å²) < 4.78 is 0. The van der Waals surface area contributed by atoms with Gasteiger partial charge < -0.3 is 21.9 Å². The lowest BCUT2D eigenvalue weighted by Gasteiger charge is -2.22. The number of ketones is 1. The lowest BCUT2D eigenvalue weighted by atomic mass is 9.92. The Labute approximate surface area is 180 Å². The summed E-state index contributed by atoms with van der Waals surface area (Å²) in [6, 6.07) is 13.6. The molecule has 29 heavy (non-hydrogen) atoms. The van der Waals surface area contributed by atoms with Gasteiger partial charge in [-0.2, -0.15) is 24.4 Å². The fourth-order valence-electron chi connectivity index (χ4n) is 3.03. The third-order valence-corrected chi connectivity index (χ3v) is 6.05. The van der Waals surface area contributed by atoms with Crippen LogP contribution in [0, 0.1) is 0 Å². The Morgan fingerprint density at radius 3 is 2.45 bits per heavy atom. The molecule has 6 N–H and O–H groups in total. The molecule has 0 amide bonds. The van der Waals surface area contributed by atoms with Crippen molar-refractivity contribution in [2.24, 2.45) is 5.73 Å². The summed E-state index contributed by atoms with van der Waals surface area (Å²) in [6.07, 6.45) is 1.94. The molecule has 2 unspecified atom stereocenters. The second kappa shape index (κ2) is 11.3. The molecule has 0 aromatic heterocycles. The molecule has 0 saturated heterocycles. The molecular weight excluding hydrogens is 406 g/mol. The van der Waals surface area contributed by atoms with E-state index in [2.05, 4.69) is 17.9 Å². The lowest BCUT2D eigenvalue weighted by molar-refractivity contribution is -0.139. The minimum absolute atomic E-state index is 0.137. The molecule has 0 aliphatic carbocycles. The number of thiol groups is 1. The van der Waals surface area contributed by atoms with Crippen LogP contribution in [0.5, 0.6) is 0 Å². The minimum atomic E-state index is -1.01. The number of aliphatic carboxylic acids is 1. The smallest absolute Gasteiger partial charge is 0.320 e. The second-order valence-corrected chi connectivity index (χ2v) is 8.11. The Morgan fingerprint density at radius 2 is 1.86 bits per heavy atom. The van der Waals surface area contributed by atoms with Gasteiger partial charge in [0, 0.05) is 35.2 Å². The van der Waals surface area contributed by atoms with Crippen LogP contribution in [0.4, 0.5) is 5.69 Å². The molecule has 8 heteroatoms. The van der Waals surface area contributed by atoms with Crippen LogP contribution in [-0.2, 0) is 4.79 Å². The topological polar surface area (TPSA) is 118 Å². The van der Waals surface area contributed by atoms with Crippen LogP contribution < -0.4 is 16.8 Å². The van der Waals surface area contributed by atoms with Gasteiger partial charge in [0.25, 0.3) is 0 Å². The Morgan fingerprint density at radius 1 is 1.17 bits per heavy atom. The van der Waals surface area contributed by atoms with Gasteiger partial charge in [0.05, 0.1) is 5.25 Å². The Bertz CT molecular complexity index is 833. The molecule has 0 saturated carbocycles. The van der Waals surface area contributed by atoms with Crippen LogP contribution in [0.15, 0.2) is 48.5 Å². The quantitative estimate of drug-likeness (QED) is 0.210. The zero-order chi connectivity index (χ0) is 21.4. The third kappa shape index (κ3) is 6.24. The van der Waals surface area contributed by atoms with Gasteiger partial charge in [-0.3, -0.25) is 9.59 Å². The van der Waals surface area contributed by atoms with E-state index in [9.17, 15) is 14.7 Å². The van der Waals surface area contributed by atoms with Crippen LogP contribution in [0.2, 0.25) is 0 Å². The van der Waals surface area contributed by atoms with E-state index in [1.54, 1.807) is 24.5 Å². The average Bonchev–Trinajstić information content (AvgIpc) is 2.73. The SMILES string of the molecule is CSC(C[C@@H](NCC(N)CS)C(=O)O)C(=O)c1cccc(N)c1-c1ccccc1. The minimum Gasteiger partial charge on any atom is -0.480 e. The molecular formula is C21H27N3O3S2. The zero-order valence-corrected chi connectivity index (χ0v) is 18.0. The monoisotopic (exact) mass is 433 g/mol. The van der Waals surface area contributed by atoms with Gasteiger partial charge in [0.2, 0.25) is 0 Å². The van der Waals surface area contributed by atoms with E-state index in [1.165, 1.54) is 11.8 Å². The maximum Gasteiger partial charge on any atom is 0.320 e. The highest BCUT2D eigenvalue weighted by Gasteiger charge is 2.29. The maximum absolute atomic E-state index is 13.3. The highest BCUT2D eigenvalue weighted by molar-refractivity contribution is 8.00. The third-order valence-electron chi connectivity index (χ3n) is 4.61. The van der Waals surface area contributed by atoms with E-state index in [0.717, 1.165) is 5.56 Å². The first kappa shape index (κ1) is 23.3. The largest absolute Gasteiger partial charge is 0.480 e. The van der Waals surface area contributed by atoms with E-state index < -0.39 is 17.3 Å². The van der Waals surface area contributed by atoms with Gasteiger partial charge in [-0.05, 0) is 24.3 Å². The van der Waals surface area contributed by atoms with Crippen molar-refractivity contribution in [1.29, 1.82) is 0 Å². The van der Waals surface area contributed by atoms with Crippen LogP contribution >= 0.6 is 24.4 Å². The molecule has 0 bridgehead atoms. The summed E-state index contributed by atoms with van der Waals surface area (Å²) in [6.45, 7) is 0.309. The normalized spacial score (nSPS) is 14.2. The van der Waals surface area contributed by atoms with Gasteiger partial charge in [-0.15, -0.1) is 0 Å². The van der Waals surface area contributed by atoms with Crippen molar-refractivity contribution in [3.8, 4) is 11.1 Å². The van der Waals surface area contributed by atoms with Crippen molar-refractivity contribution in [3.63, 3.8) is 0 Å². The van der Waals surface area contributed by atoms with Crippen molar-refractivity contribution in [1.82, 2.24) is 5.32 Å². The zero-order valence-electron chi connectivity index (χ0n) is 16.2. The number of carbonyl (C=O) groups is 2. The van der Waals surface area contributed by atoms with Crippen molar-refractivity contribution in [2.75, 3.05) is 24.3 Å². The van der Waals surface area contributed by atoms with Crippen LogP contribution in [0.3, 0.4) is 0 Å². The number of nitrogen functional groups attached to an aromatic ring is 1. The fourth-order valence-corrected chi connectivity index (χ4v) is 3.89. The maximum atomic E-state index is 13.3. The highest BCUT2D eigenvalue weighted by Crippen LogP contribution is 2.32. The van der Waals surface area contributed by atoms with Gasteiger partial charge in [0.15, 0.2) is 5.78 Å². The summed E-state index contributed by atoms with van der Waals surface area (Å²) in [5.41, 5.74) is 14.5. The van der Waals surface area contributed by atoms with Crippen LogP contribution in [0.25, 0.3) is 11.1 Å². The summed E-state index contributed by atoms with van der Waals surface area (Å²) >= 11 is 5.44. The van der Waals surface area contributed by atoms with E-state index in [1.807, 2.05) is 30.3 Å². The standard InChI is InChI=1S/C21H27N3O3S2/c1-29-18(10-17(21(26)27)24-11-14(22)12-28)20(25)15-8-5-9-16(23)19(15)13-6-3-2-4-7-13/h2-9,14,17-18,24,28H,10-12,22-23H2,1H3,(H,26,27)/t14?,17-,18?/m1/s1. The van der Waals surface area contributed by atoms with E-state index in [-0.39, 0.29) is 18.2 Å². The molecule has 0 heterocycles. The molecule has 0 aliphatic rings. The number of carboxylic acid groups (broad SMARTS) is 1. The highest BCUT2D eigenvalue weighted by atomic mass is 32.2. The molecule has 156 valence electrons. The summed E-state index contributed by atoms with van der Waals surface area (Å²) in [7, 11) is 0. The van der Waals surface area contributed by atoms with E-state index in [4.69, 9.17) is 11.5 Å². The van der Waals surface area contributed by atoms with E-state index >= 15 is 0 Å². The number of Topliss-reactive ketones (excluding diaryl/α,β-unsaturated/α-hetero) is 1. The number of benzene rings is 2. The van der Waals surface area contributed by atoms with Gasteiger partial charge in [0.1, 0.15) is 6.04 Å². The summed E-state index contributed by atoms with van der Waals surface area (Å²) in [5, 5.41) is 12.0. The predicted octanol–water partition coefficient (Wildman–Crippen LogP) is 2.54. The van der Waals surface area contributed by atoms with Gasteiger partial charge in [-0.25, -0.2) is 0 Å². The molecule has 2 aromatic rings. The molecule has 0 aliphatic heterocycles. The number of nitrogens with two attached hydrogens (primary N) is 2. The molecule has 2 aromatic carbocycles. The summed E-state index contributed by atoms with van der Waals surface area (Å²) in [5.74, 6) is -0.720. The first-order valence-electron chi connectivity index (χ1n) is 9.22. The van der Waals surface area contributed by atoms with Crippen LogP contribution in [0.1, 0.15) is 16.8 Å². The van der Waals surface area contributed by atoms with Gasteiger partial charge in [-0.1, -0.05) is 42.5 Å². The first-order chi connectivity index (χ1) is 13.9. The Kier molecular flexibility index (Phi) is 9.03. The number of carboxylic acids is 1. The Balaban J connectivity index is 2.29. The van der Waals surface area contributed by atoms with E-state index in [0.29, 0.717) is 29.1 Å². The second-order valence-electron chi connectivity index (χ2n) is 6.70. The predicted molar refractivity (Wildman–Crippen MR) is 124 cm³/mol. The van der Waals surface area contributed by atoms with Crippen molar-refractivity contribution in [2.45, 2.75) is 23.8 Å². The van der Waals surface area contributed by atoms with Crippen molar-refractivity contribution >= 4 is 41.8 Å². The number of hydrogen-bond acceptors (Lipinski definition) is 7. The fraction of sp³-hybridized carbons (Fsp3) is 0.333. The number of nitrogens with one attached hydrogen (secondary N) is 1. The number of thioether (sulfide) groups is 1. The number of carbonyl (C=O) groups excluding carboxylic acids is 1. The first-order valence-corrected chi connectivity index (χ1v) is 11.1. The molecule has 0 spiro atoms.